The fraction of sp³-hybridized carbons (Fsp3) is 0.667. The number of nitrogens with two attached hydrogens (primary N) is 1. The standard InChI is InChI=1S/C24H32F3N3O2/c1-13(2)29(24(32)14-3-4-14)12-23(31)30-17-5-6-18(30)8-16(7-17)22(28)10-15-9-20(26)21(27)11-19(15)25/h9,11,13-14,16-18,22H,3-8,10,12,28H2,1-2H3/t16-,17-,18+,22-/m1/s1. The third-order valence-electron chi connectivity index (χ3n) is 7.35. The van der Waals surface area contributed by atoms with Gasteiger partial charge in [-0.25, -0.2) is 13.2 Å². The van der Waals surface area contributed by atoms with Crippen molar-refractivity contribution in [1.82, 2.24) is 9.80 Å². The van der Waals surface area contributed by atoms with Gasteiger partial charge in [-0.15, -0.1) is 0 Å². The first-order chi connectivity index (χ1) is 15.2. The topological polar surface area (TPSA) is 66.6 Å². The van der Waals surface area contributed by atoms with Gasteiger partial charge < -0.3 is 15.5 Å². The number of amides is 2. The van der Waals surface area contributed by atoms with Crippen molar-refractivity contribution in [3.63, 3.8) is 0 Å². The SMILES string of the molecule is CC(C)N(CC(=O)N1[C@@H]2CC[C@H]1C[C@H]([C@H](N)Cc1cc(F)c(F)cc1F)C2)C(=O)C1CC1. The highest BCUT2D eigenvalue weighted by Gasteiger charge is 2.45. The van der Waals surface area contributed by atoms with Crippen LogP contribution < -0.4 is 5.73 Å². The van der Waals surface area contributed by atoms with Gasteiger partial charge in [0, 0.05) is 36.2 Å². The number of fused-ring (bicyclic) bond motifs is 2. The van der Waals surface area contributed by atoms with Gasteiger partial charge in [-0.3, -0.25) is 9.59 Å². The molecule has 3 aliphatic rings. The highest BCUT2D eigenvalue weighted by Crippen LogP contribution is 2.40. The molecule has 32 heavy (non-hydrogen) atoms. The minimum atomic E-state index is -1.21. The third-order valence-corrected chi connectivity index (χ3v) is 7.35. The zero-order valence-electron chi connectivity index (χ0n) is 18.7. The zero-order chi connectivity index (χ0) is 23.2. The molecule has 5 nitrogen and oxygen atoms in total. The van der Waals surface area contributed by atoms with E-state index in [0.29, 0.717) is 18.9 Å². The fourth-order valence-electron chi connectivity index (χ4n) is 5.42. The first-order valence-electron chi connectivity index (χ1n) is 11.7. The van der Waals surface area contributed by atoms with E-state index >= 15 is 0 Å². The fourth-order valence-corrected chi connectivity index (χ4v) is 5.42. The molecule has 8 heteroatoms. The van der Waals surface area contributed by atoms with Gasteiger partial charge in [0.1, 0.15) is 12.4 Å². The maximum Gasteiger partial charge on any atom is 0.242 e. The van der Waals surface area contributed by atoms with Crippen LogP contribution in [0.2, 0.25) is 0 Å². The summed E-state index contributed by atoms with van der Waals surface area (Å²) >= 11 is 0. The average Bonchev–Trinajstić information content (AvgIpc) is 3.54. The molecule has 2 amide bonds. The number of rotatable bonds is 7. The van der Waals surface area contributed by atoms with Gasteiger partial charge in [-0.05, 0) is 76.3 Å². The Morgan fingerprint density at radius 3 is 2.19 bits per heavy atom. The minimum Gasteiger partial charge on any atom is -0.335 e. The van der Waals surface area contributed by atoms with Crippen molar-refractivity contribution in [2.75, 3.05) is 6.54 Å². The lowest BCUT2D eigenvalue weighted by Crippen LogP contribution is -2.54. The number of hydrogen-bond acceptors (Lipinski definition) is 3. The molecule has 2 heterocycles. The average molecular weight is 452 g/mol. The quantitative estimate of drug-likeness (QED) is 0.647. The van der Waals surface area contributed by atoms with E-state index in [4.69, 9.17) is 5.73 Å². The van der Waals surface area contributed by atoms with Gasteiger partial charge in [0.15, 0.2) is 11.6 Å². The molecule has 1 aliphatic carbocycles. The number of carbonyl (C=O) groups excluding carboxylic acids is 2. The number of hydrogen-bond donors (Lipinski definition) is 1. The second-order valence-electron chi connectivity index (χ2n) is 9.98. The van der Waals surface area contributed by atoms with Crippen molar-refractivity contribution in [3.8, 4) is 0 Å². The Bertz CT molecular complexity index is 875. The number of halogens is 3. The summed E-state index contributed by atoms with van der Waals surface area (Å²) in [5.74, 6) is -2.88. The van der Waals surface area contributed by atoms with Crippen molar-refractivity contribution >= 4 is 11.8 Å². The van der Waals surface area contributed by atoms with Crippen LogP contribution in [0.25, 0.3) is 0 Å². The first kappa shape index (κ1) is 23.1. The largest absolute Gasteiger partial charge is 0.335 e. The van der Waals surface area contributed by atoms with Gasteiger partial charge in [0.2, 0.25) is 11.8 Å². The monoisotopic (exact) mass is 451 g/mol. The summed E-state index contributed by atoms with van der Waals surface area (Å²) in [5.41, 5.74) is 6.45. The number of piperidine rings is 1. The van der Waals surface area contributed by atoms with E-state index in [0.717, 1.165) is 31.7 Å². The Kier molecular flexibility index (Phi) is 6.52. The number of nitrogens with zero attached hydrogens (tertiary/aromatic N) is 2. The molecule has 1 aromatic carbocycles. The van der Waals surface area contributed by atoms with Gasteiger partial charge in [0.25, 0.3) is 0 Å². The second-order valence-corrected chi connectivity index (χ2v) is 9.98. The van der Waals surface area contributed by atoms with E-state index in [9.17, 15) is 22.8 Å². The first-order valence-corrected chi connectivity index (χ1v) is 11.7. The highest BCUT2D eigenvalue weighted by molar-refractivity contribution is 5.87. The van der Waals surface area contributed by atoms with Gasteiger partial charge in [0.05, 0.1) is 0 Å². The molecule has 3 fully saturated rings. The van der Waals surface area contributed by atoms with Crippen LogP contribution in [0.1, 0.15) is 57.9 Å². The van der Waals surface area contributed by atoms with E-state index in [1.807, 2.05) is 18.7 Å². The lowest BCUT2D eigenvalue weighted by Gasteiger charge is -2.42. The van der Waals surface area contributed by atoms with E-state index in [-0.39, 0.29) is 60.3 Å². The molecule has 4 rings (SSSR count). The van der Waals surface area contributed by atoms with Crippen molar-refractivity contribution in [2.24, 2.45) is 17.6 Å². The summed E-state index contributed by atoms with van der Waals surface area (Å²) in [6.45, 7) is 3.98. The summed E-state index contributed by atoms with van der Waals surface area (Å²) in [4.78, 5) is 29.4. The van der Waals surface area contributed by atoms with E-state index in [2.05, 4.69) is 0 Å². The van der Waals surface area contributed by atoms with Crippen LogP contribution in [-0.2, 0) is 16.0 Å². The summed E-state index contributed by atoms with van der Waals surface area (Å²) in [6.07, 6.45) is 5.11. The Morgan fingerprint density at radius 2 is 1.62 bits per heavy atom. The number of benzene rings is 1. The normalized spacial score (nSPS) is 25.8. The summed E-state index contributed by atoms with van der Waals surface area (Å²) in [5, 5.41) is 0. The molecule has 1 aromatic rings. The Balaban J connectivity index is 1.39. The number of carbonyl (C=O) groups is 2. The van der Waals surface area contributed by atoms with Crippen LogP contribution in [0.3, 0.4) is 0 Å². The Hall–Kier alpha value is -2.09. The van der Waals surface area contributed by atoms with Crippen molar-refractivity contribution in [2.45, 2.75) is 83.0 Å². The summed E-state index contributed by atoms with van der Waals surface area (Å²) < 4.78 is 40.8. The van der Waals surface area contributed by atoms with Crippen LogP contribution in [0, 0.1) is 29.3 Å². The molecule has 1 saturated carbocycles. The van der Waals surface area contributed by atoms with E-state index in [1.54, 1.807) is 4.90 Å². The molecule has 2 saturated heterocycles. The van der Waals surface area contributed by atoms with Gasteiger partial charge in [-0.1, -0.05) is 0 Å². The van der Waals surface area contributed by atoms with Gasteiger partial charge >= 0.3 is 0 Å². The van der Waals surface area contributed by atoms with Crippen LogP contribution in [0.15, 0.2) is 12.1 Å². The van der Waals surface area contributed by atoms with Crippen LogP contribution in [0.4, 0.5) is 13.2 Å². The summed E-state index contributed by atoms with van der Waals surface area (Å²) in [6, 6.07) is 1.12. The van der Waals surface area contributed by atoms with Crippen molar-refractivity contribution < 1.29 is 22.8 Å². The summed E-state index contributed by atoms with van der Waals surface area (Å²) in [7, 11) is 0. The molecule has 0 unspecified atom stereocenters. The van der Waals surface area contributed by atoms with Crippen LogP contribution in [-0.4, -0.2) is 52.3 Å². The third kappa shape index (κ3) is 4.65. The van der Waals surface area contributed by atoms with Crippen LogP contribution >= 0.6 is 0 Å². The molecule has 0 spiro atoms. The molecular weight excluding hydrogens is 419 g/mol. The van der Waals surface area contributed by atoms with Gasteiger partial charge in [-0.2, -0.15) is 0 Å². The second kappa shape index (κ2) is 9.04. The van der Waals surface area contributed by atoms with E-state index < -0.39 is 23.5 Å². The molecule has 2 N–H and O–H groups in total. The van der Waals surface area contributed by atoms with Crippen LogP contribution in [0.5, 0.6) is 0 Å². The van der Waals surface area contributed by atoms with E-state index in [1.165, 1.54) is 0 Å². The van der Waals surface area contributed by atoms with Crippen molar-refractivity contribution in [1.29, 1.82) is 0 Å². The predicted octanol–water partition coefficient (Wildman–Crippen LogP) is 3.39. The Morgan fingerprint density at radius 1 is 1.03 bits per heavy atom. The zero-order valence-corrected chi connectivity index (χ0v) is 18.7. The van der Waals surface area contributed by atoms with Crippen molar-refractivity contribution in [3.05, 3.63) is 35.1 Å². The Labute approximate surface area is 187 Å². The molecule has 176 valence electrons. The smallest absolute Gasteiger partial charge is 0.242 e. The maximum absolute atomic E-state index is 14.1. The predicted molar refractivity (Wildman–Crippen MR) is 114 cm³/mol. The molecule has 2 bridgehead atoms. The molecule has 0 aromatic heterocycles. The highest BCUT2D eigenvalue weighted by atomic mass is 19.2. The lowest BCUT2D eigenvalue weighted by atomic mass is 9.82. The molecule has 0 radical (unpaired) electrons. The molecule has 2 aliphatic heterocycles. The lowest BCUT2D eigenvalue weighted by molar-refractivity contribution is -0.145. The minimum absolute atomic E-state index is 0.0149. The molecule has 4 atom stereocenters. The molecular formula is C24H32F3N3O2. The maximum atomic E-state index is 14.1.